The summed E-state index contributed by atoms with van der Waals surface area (Å²) in [6.45, 7) is 9.61. The zero-order valence-electron chi connectivity index (χ0n) is 12.2. The zero-order chi connectivity index (χ0) is 14.3. The van der Waals surface area contributed by atoms with Gasteiger partial charge in [-0.25, -0.2) is 0 Å². The SMILES string of the molecule is CC(C)C(CNC(=O)CSc1ccncc1)C(C)C. The van der Waals surface area contributed by atoms with E-state index in [0.29, 0.717) is 23.5 Å². The van der Waals surface area contributed by atoms with Gasteiger partial charge in [0.25, 0.3) is 0 Å². The van der Waals surface area contributed by atoms with E-state index in [1.807, 2.05) is 12.1 Å². The van der Waals surface area contributed by atoms with Crippen LogP contribution in [0.15, 0.2) is 29.4 Å². The highest BCUT2D eigenvalue weighted by Crippen LogP contribution is 2.20. The van der Waals surface area contributed by atoms with Gasteiger partial charge in [-0.05, 0) is 29.9 Å². The van der Waals surface area contributed by atoms with E-state index in [4.69, 9.17) is 0 Å². The average Bonchev–Trinajstić information content (AvgIpc) is 2.37. The minimum absolute atomic E-state index is 0.105. The van der Waals surface area contributed by atoms with Gasteiger partial charge in [0.1, 0.15) is 0 Å². The van der Waals surface area contributed by atoms with Crippen molar-refractivity contribution in [1.29, 1.82) is 0 Å². The van der Waals surface area contributed by atoms with Crippen LogP contribution in [0.4, 0.5) is 0 Å². The molecular weight excluding hydrogens is 256 g/mol. The van der Waals surface area contributed by atoms with Crippen molar-refractivity contribution in [3.05, 3.63) is 24.5 Å². The van der Waals surface area contributed by atoms with Crippen molar-refractivity contribution >= 4 is 17.7 Å². The van der Waals surface area contributed by atoms with Crippen molar-refractivity contribution in [2.45, 2.75) is 32.6 Å². The van der Waals surface area contributed by atoms with Crippen LogP contribution in [0, 0.1) is 17.8 Å². The summed E-state index contributed by atoms with van der Waals surface area (Å²) in [4.78, 5) is 16.9. The van der Waals surface area contributed by atoms with Crippen molar-refractivity contribution in [3.8, 4) is 0 Å². The molecule has 0 spiro atoms. The van der Waals surface area contributed by atoms with Crippen LogP contribution in [-0.4, -0.2) is 23.2 Å². The molecule has 1 heterocycles. The zero-order valence-corrected chi connectivity index (χ0v) is 13.0. The molecule has 1 N–H and O–H groups in total. The lowest BCUT2D eigenvalue weighted by atomic mass is 9.85. The van der Waals surface area contributed by atoms with Gasteiger partial charge in [0.05, 0.1) is 5.75 Å². The molecule has 0 aromatic carbocycles. The van der Waals surface area contributed by atoms with Gasteiger partial charge in [0.2, 0.25) is 5.91 Å². The molecule has 0 bridgehead atoms. The molecular formula is C15H24N2OS. The smallest absolute Gasteiger partial charge is 0.230 e. The number of aromatic nitrogens is 1. The van der Waals surface area contributed by atoms with E-state index in [2.05, 4.69) is 38.0 Å². The van der Waals surface area contributed by atoms with E-state index in [9.17, 15) is 4.79 Å². The molecule has 1 aromatic rings. The number of carbonyl (C=O) groups is 1. The lowest BCUT2D eigenvalue weighted by molar-refractivity contribution is -0.118. The highest BCUT2D eigenvalue weighted by molar-refractivity contribution is 8.00. The summed E-state index contributed by atoms with van der Waals surface area (Å²) in [6.07, 6.45) is 3.49. The molecule has 0 fully saturated rings. The molecule has 4 heteroatoms. The molecule has 1 amide bonds. The number of carbonyl (C=O) groups excluding carboxylic acids is 1. The molecule has 0 aliphatic carbocycles. The second-order valence-corrected chi connectivity index (χ2v) is 6.48. The van der Waals surface area contributed by atoms with Crippen molar-refractivity contribution < 1.29 is 4.79 Å². The molecule has 0 aliphatic rings. The quantitative estimate of drug-likeness (QED) is 0.780. The maximum atomic E-state index is 11.8. The molecule has 1 aromatic heterocycles. The van der Waals surface area contributed by atoms with Crippen LogP contribution in [0.3, 0.4) is 0 Å². The molecule has 0 aliphatic heterocycles. The number of thioether (sulfide) groups is 1. The number of nitrogens with zero attached hydrogens (tertiary/aromatic N) is 1. The Morgan fingerprint density at radius 3 is 2.32 bits per heavy atom. The number of pyridine rings is 1. The Kier molecular flexibility index (Phi) is 6.92. The first-order valence-electron chi connectivity index (χ1n) is 6.80. The minimum atomic E-state index is 0.105. The maximum Gasteiger partial charge on any atom is 0.230 e. The van der Waals surface area contributed by atoms with E-state index in [1.165, 1.54) is 0 Å². The molecule has 3 nitrogen and oxygen atoms in total. The van der Waals surface area contributed by atoms with E-state index >= 15 is 0 Å². The van der Waals surface area contributed by atoms with E-state index in [1.54, 1.807) is 24.2 Å². The largest absolute Gasteiger partial charge is 0.355 e. The second-order valence-electron chi connectivity index (χ2n) is 5.43. The molecule has 1 rings (SSSR count). The predicted molar refractivity (Wildman–Crippen MR) is 81.1 cm³/mol. The molecule has 0 unspecified atom stereocenters. The summed E-state index contributed by atoms with van der Waals surface area (Å²) in [7, 11) is 0. The summed E-state index contributed by atoms with van der Waals surface area (Å²) < 4.78 is 0. The normalized spacial score (nSPS) is 11.3. The third-order valence-corrected chi connectivity index (χ3v) is 4.28. The molecule has 0 saturated heterocycles. The number of rotatable bonds is 7. The summed E-state index contributed by atoms with van der Waals surface area (Å²) in [5.74, 6) is 2.29. The first-order chi connectivity index (χ1) is 9.00. The van der Waals surface area contributed by atoms with Gasteiger partial charge >= 0.3 is 0 Å². The molecule has 0 saturated carbocycles. The van der Waals surface area contributed by atoms with E-state index in [-0.39, 0.29) is 5.91 Å². The Bertz CT molecular complexity index is 371. The topological polar surface area (TPSA) is 42.0 Å². The molecule has 0 radical (unpaired) electrons. The Morgan fingerprint density at radius 1 is 1.21 bits per heavy atom. The van der Waals surface area contributed by atoms with Crippen LogP contribution in [0.2, 0.25) is 0 Å². The van der Waals surface area contributed by atoms with Gasteiger partial charge < -0.3 is 5.32 Å². The Labute approximate surface area is 120 Å². The van der Waals surface area contributed by atoms with Crippen molar-refractivity contribution in [3.63, 3.8) is 0 Å². The summed E-state index contributed by atoms with van der Waals surface area (Å²) in [5, 5.41) is 3.04. The van der Waals surface area contributed by atoms with Gasteiger partial charge in [0, 0.05) is 23.8 Å². The van der Waals surface area contributed by atoms with Crippen LogP contribution in [0.5, 0.6) is 0 Å². The third kappa shape index (κ3) is 6.10. The first kappa shape index (κ1) is 16.0. The van der Waals surface area contributed by atoms with Crippen LogP contribution in [-0.2, 0) is 4.79 Å². The van der Waals surface area contributed by atoms with Gasteiger partial charge in [-0.3, -0.25) is 9.78 Å². The maximum absolute atomic E-state index is 11.8. The van der Waals surface area contributed by atoms with Crippen LogP contribution in [0.25, 0.3) is 0 Å². The highest BCUT2D eigenvalue weighted by atomic mass is 32.2. The van der Waals surface area contributed by atoms with Crippen LogP contribution in [0.1, 0.15) is 27.7 Å². The average molecular weight is 280 g/mol. The Balaban J connectivity index is 2.31. The third-order valence-electron chi connectivity index (χ3n) is 3.27. The molecule has 106 valence electrons. The number of hydrogen-bond donors (Lipinski definition) is 1. The summed E-state index contributed by atoms with van der Waals surface area (Å²) in [6, 6.07) is 3.84. The van der Waals surface area contributed by atoms with Gasteiger partial charge in [-0.15, -0.1) is 11.8 Å². The second kappa shape index (κ2) is 8.20. The summed E-state index contributed by atoms with van der Waals surface area (Å²) in [5.41, 5.74) is 0. The Hall–Kier alpha value is -1.03. The van der Waals surface area contributed by atoms with E-state index in [0.717, 1.165) is 11.4 Å². The predicted octanol–water partition coefficient (Wildman–Crippen LogP) is 3.22. The van der Waals surface area contributed by atoms with Crippen molar-refractivity contribution in [2.24, 2.45) is 17.8 Å². The molecule has 19 heavy (non-hydrogen) atoms. The summed E-state index contributed by atoms with van der Waals surface area (Å²) >= 11 is 1.54. The standard InChI is InChI=1S/C15H24N2OS/c1-11(2)14(12(3)4)9-17-15(18)10-19-13-5-7-16-8-6-13/h5-8,11-12,14H,9-10H2,1-4H3,(H,17,18). The Morgan fingerprint density at radius 2 is 1.79 bits per heavy atom. The van der Waals surface area contributed by atoms with Crippen LogP contribution >= 0.6 is 11.8 Å². The number of nitrogens with one attached hydrogen (secondary N) is 1. The minimum Gasteiger partial charge on any atom is -0.355 e. The van der Waals surface area contributed by atoms with Crippen molar-refractivity contribution in [2.75, 3.05) is 12.3 Å². The van der Waals surface area contributed by atoms with Gasteiger partial charge in [0.15, 0.2) is 0 Å². The lowest BCUT2D eigenvalue weighted by Gasteiger charge is -2.25. The monoisotopic (exact) mass is 280 g/mol. The van der Waals surface area contributed by atoms with Gasteiger partial charge in [-0.1, -0.05) is 27.7 Å². The van der Waals surface area contributed by atoms with Gasteiger partial charge in [-0.2, -0.15) is 0 Å². The molecule has 0 atom stereocenters. The highest BCUT2D eigenvalue weighted by Gasteiger charge is 2.18. The fourth-order valence-corrected chi connectivity index (χ4v) is 2.82. The van der Waals surface area contributed by atoms with E-state index < -0.39 is 0 Å². The fourth-order valence-electron chi connectivity index (χ4n) is 2.11. The number of amides is 1. The fraction of sp³-hybridized carbons (Fsp3) is 0.600. The van der Waals surface area contributed by atoms with Crippen LogP contribution < -0.4 is 5.32 Å². The first-order valence-corrected chi connectivity index (χ1v) is 7.78. The lowest BCUT2D eigenvalue weighted by Crippen LogP contribution is -2.34. The van der Waals surface area contributed by atoms with Crippen molar-refractivity contribution in [1.82, 2.24) is 10.3 Å². The number of hydrogen-bond acceptors (Lipinski definition) is 3.